The molecule has 0 fully saturated rings. The molecule has 1 rings (SSSR count). The Hall–Kier alpha value is -1.52. The maximum atomic E-state index is 11.1. The normalized spacial score (nSPS) is 10.5. The Morgan fingerprint density at radius 1 is 1.56 bits per heavy atom. The largest absolute Gasteiger partial charge is 0.383 e. The number of hydrogen-bond acceptors (Lipinski definition) is 3. The molecule has 0 bridgehead atoms. The van der Waals surface area contributed by atoms with Crippen LogP contribution in [0.3, 0.4) is 0 Å². The molecule has 0 aliphatic rings. The highest BCUT2D eigenvalue weighted by Gasteiger charge is 2.02. The van der Waals surface area contributed by atoms with Crippen molar-refractivity contribution in [2.75, 3.05) is 18.9 Å². The van der Waals surface area contributed by atoms with Gasteiger partial charge in [0.1, 0.15) is 6.54 Å². The number of likely N-dealkylation sites (N-methyl/N-ethyl adjacent to an activating group) is 1. The zero-order valence-corrected chi connectivity index (χ0v) is 10.2. The molecule has 5 nitrogen and oxygen atoms in total. The molecule has 0 spiro atoms. The predicted molar refractivity (Wildman–Crippen MR) is 64.2 cm³/mol. The minimum atomic E-state index is -0.0446. The monoisotopic (exact) mass is 224 g/mol. The van der Waals surface area contributed by atoms with Gasteiger partial charge in [0.05, 0.1) is 11.9 Å². The van der Waals surface area contributed by atoms with Gasteiger partial charge in [-0.05, 0) is 12.3 Å². The number of amides is 1. The molecule has 1 heterocycles. The van der Waals surface area contributed by atoms with Gasteiger partial charge in [-0.1, -0.05) is 13.8 Å². The van der Waals surface area contributed by atoms with Crippen molar-refractivity contribution in [1.29, 1.82) is 0 Å². The first-order valence-corrected chi connectivity index (χ1v) is 5.58. The van der Waals surface area contributed by atoms with Crippen molar-refractivity contribution in [3.63, 3.8) is 0 Å². The highest BCUT2D eigenvalue weighted by molar-refractivity contribution is 5.75. The van der Waals surface area contributed by atoms with Crippen LogP contribution in [0.5, 0.6) is 0 Å². The van der Waals surface area contributed by atoms with Crippen LogP contribution in [-0.4, -0.2) is 29.3 Å². The van der Waals surface area contributed by atoms with Crippen LogP contribution in [0.1, 0.15) is 20.3 Å². The highest BCUT2D eigenvalue weighted by atomic mass is 16.1. The molecule has 0 unspecified atom stereocenters. The summed E-state index contributed by atoms with van der Waals surface area (Å²) < 4.78 is 1.62. The number of aromatic nitrogens is 2. The molecule has 16 heavy (non-hydrogen) atoms. The quantitative estimate of drug-likeness (QED) is 0.760. The Bertz CT molecular complexity index is 332. The van der Waals surface area contributed by atoms with E-state index in [9.17, 15) is 4.79 Å². The molecule has 1 aromatic heterocycles. The third kappa shape index (κ3) is 4.33. The number of carbonyl (C=O) groups is 1. The van der Waals surface area contributed by atoms with Gasteiger partial charge in [-0.3, -0.25) is 9.48 Å². The Morgan fingerprint density at radius 3 is 2.94 bits per heavy atom. The van der Waals surface area contributed by atoms with Gasteiger partial charge in [-0.15, -0.1) is 0 Å². The molecule has 0 saturated heterocycles. The van der Waals surface area contributed by atoms with E-state index >= 15 is 0 Å². The summed E-state index contributed by atoms with van der Waals surface area (Å²) in [4.78, 5) is 11.1. The van der Waals surface area contributed by atoms with Gasteiger partial charge < -0.3 is 10.6 Å². The van der Waals surface area contributed by atoms with Gasteiger partial charge in [-0.2, -0.15) is 5.10 Å². The summed E-state index contributed by atoms with van der Waals surface area (Å²) in [6.07, 6.45) is 4.71. The Labute approximate surface area is 96.2 Å². The summed E-state index contributed by atoms with van der Waals surface area (Å²) in [5.41, 5.74) is 0.963. The van der Waals surface area contributed by atoms with E-state index in [0.717, 1.165) is 18.7 Å². The summed E-state index contributed by atoms with van der Waals surface area (Å²) in [7, 11) is 1.62. The number of anilines is 1. The van der Waals surface area contributed by atoms with E-state index in [1.807, 2.05) is 6.20 Å². The Balaban J connectivity index is 2.36. The molecular formula is C11H20N4O. The average molecular weight is 224 g/mol. The average Bonchev–Trinajstić information content (AvgIpc) is 2.65. The van der Waals surface area contributed by atoms with E-state index < -0.39 is 0 Å². The second-order valence-corrected chi connectivity index (χ2v) is 4.21. The van der Waals surface area contributed by atoms with Crippen molar-refractivity contribution in [3.05, 3.63) is 12.4 Å². The molecule has 0 aliphatic heterocycles. The van der Waals surface area contributed by atoms with Crippen molar-refractivity contribution < 1.29 is 4.79 Å². The fourth-order valence-corrected chi connectivity index (χ4v) is 1.27. The van der Waals surface area contributed by atoms with Gasteiger partial charge in [0, 0.05) is 19.8 Å². The van der Waals surface area contributed by atoms with Gasteiger partial charge in [0.2, 0.25) is 5.91 Å². The van der Waals surface area contributed by atoms with Crippen LogP contribution >= 0.6 is 0 Å². The maximum Gasteiger partial charge on any atom is 0.241 e. The first-order valence-electron chi connectivity index (χ1n) is 5.58. The van der Waals surface area contributed by atoms with Gasteiger partial charge in [0.15, 0.2) is 0 Å². The van der Waals surface area contributed by atoms with Crippen LogP contribution < -0.4 is 10.6 Å². The van der Waals surface area contributed by atoms with Crippen LogP contribution in [0.25, 0.3) is 0 Å². The molecule has 1 amide bonds. The van der Waals surface area contributed by atoms with E-state index in [4.69, 9.17) is 0 Å². The van der Waals surface area contributed by atoms with E-state index in [1.54, 1.807) is 17.9 Å². The van der Waals surface area contributed by atoms with Crippen molar-refractivity contribution >= 4 is 11.6 Å². The van der Waals surface area contributed by atoms with Gasteiger partial charge >= 0.3 is 0 Å². The second-order valence-electron chi connectivity index (χ2n) is 4.21. The number of carbonyl (C=O) groups excluding carboxylic acids is 1. The smallest absolute Gasteiger partial charge is 0.241 e. The molecule has 5 heteroatoms. The van der Waals surface area contributed by atoms with Crippen molar-refractivity contribution in [1.82, 2.24) is 15.1 Å². The Morgan fingerprint density at radius 2 is 2.31 bits per heavy atom. The molecule has 0 radical (unpaired) electrons. The highest BCUT2D eigenvalue weighted by Crippen LogP contribution is 2.06. The standard InChI is InChI=1S/C11H20N4O/c1-9(2)4-5-13-10-6-14-15(7-10)8-11(16)12-3/h6-7,9,13H,4-5,8H2,1-3H3,(H,12,16). The summed E-state index contributed by atoms with van der Waals surface area (Å²) in [6, 6.07) is 0. The van der Waals surface area contributed by atoms with Crippen LogP contribution in [0.15, 0.2) is 12.4 Å². The van der Waals surface area contributed by atoms with Crippen molar-refractivity contribution in [2.45, 2.75) is 26.8 Å². The van der Waals surface area contributed by atoms with Crippen LogP contribution in [0.4, 0.5) is 5.69 Å². The summed E-state index contributed by atoms with van der Waals surface area (Å²) in [5, 5.41) is 9.93. The minimum Gasteiger partial charge on any atom is -0.383 e. The van der Waals surface area contributed by atoms with E-state index in [0.29, 0.717) is 5.92 Å². The van der Waals surface area contributed by atoms with Crippen molar-refractivity contribution in [3.8, 4) is 0 Å². The lowest BCUT2D eigenvalue weighted by Gasteiger charge is -2.05. The van der Waals surface area contributed by atoms with Gasteiger partial charge in [-0.25, -0.2) is 0 Å². The van der Waals surface area contributed by atoms with E-state index in [1.165, 1.54) is 0 Å². The zero-order chi connectivity index (χ0) is 12.0. The summed E-state index contributed by atoms with van der Waals surface area (Å²) >= 11 is 0. The maximum absolute atomic E-state index is 11.1. The summed E-state index contributed by atoms with van der Waals surface area (Å²) in [6.45, 7) is 5.58. The van der Waals surface area contributed by atoms with E-state index in [-0.39, 0.29) is 12.5 Å². The molecular weight excluding hydrogens is 204 g/mol. The third-order valence-corrected chi connectivity index (χ3v) is 2.27. The molecule has 1 aromatic rings. The lowest BCUT2D eigenvalue weighted by molar-refractivity contribution is -0.121. The number of hydrogen-bond donors (Lipinski definition) is 2. The number of nitrogens with zero attached hydrogens (tertiary/aromatic N) is 2. The number of nitrogens with one attached hydrogen (secondary N) is 2. The fraction of sp³-hybridized carbons (Fsp3) is 0.636. The van der Waals surface area contributed by atoms with Crippen LogP contribution in [0.2, 0.25) is 0 Å². The third-order valence-electron chi connectivity index (χ3n) is 2.27. The molecule has 0 saturated carbocycles. The first-order chi connectivity index (χ1) is 7.61. The lowest BCUT2D eigenvalue weighted by atomic mass is 10.1. The zero-order valence-electron chi connectivity index (χ0n) is 10.2. The lowest BCUT2D eigenvalue weighted by Crippen LogP contribution is -2.23. The van der Waals surface area contributed by atoms with Crippen LogP contribution in [-0.2, 0) is 11.3 Å². The molecule has 0 atom stereocenters. The molecule has 0 aromatic carbocycles. The predicted octanol–water partition coefficient (Wildman–Crippen LogP) is 1.09. The van der Waals surface area contributed by atoms with Gasteiger partial charge in [0.25, 0.3) is 0 Å². The van der Waals surface area contributed by atoms with Crippen LogP contribution in [0, 0.1) is 5.92 Å². The molecule has 0 aliphatic carbocycles. The topological polar surface area (TPSA) is 59.0 Å². The summed E-state index contributed by atoms with van der Waals surface area (Å²) in [5.74, 6) is 0.644. The Kier molecular flexibility index (Phi) is 4.82. The fourth-order valence-electron chi connectivity index (χ4n) is 1.27. The SMILES string of the molecule is CNC(=O)Cn1cc(NCCC(C)C)cn1. The first kappa shape index (κ1) is 12.5. The molecule has 2 N–H and O–H groups in total. The van der Waals surface area contributed by atoms with Crippen molar-refractivity contribution in [2.24, 2.45) is 5.92 Å². The van der Waals surface area contributed by atoms with E-state index in [2.05, 4.69) is 29.6 Å². The minimum absolute atomic E-state index is 0.0446. The molecule has 90 valence electrons. The second kappa shape index (κ2) is 6.15. The number of rotatable bonds is 6.